The number of aryl methyl sites for hydroxylation is 2. The molecule has 0 aliphatic carbocycles. The van der Waals surface area contributed by atoms with E-state index in [-0.39, 0.29) is 11.9 Å². The van der Waals surface area contributed by atoms with Gasteiger partial charge in [-0.25, -0.2) is 14.6 Å². The van der Waals surface area contributed by atoms with E-state index >= 15 is 0 Å². The largest absolute Gasteiger partial charge is 0.383 e. The van der Waals surface area contributed by atoms with Gasteiger partial charge in [-0.1, -0.05) is 6.58 Å². The molecule has 3 aromatic heterocycles. The summed E-state index contributed by atoms with van der Waals surface area (Å²) in [4.78, 5) is 22.2. The van der Waals surface area contributed by atoms with Crippen LogP contribution in [-0.4, -0.2) is 53.4 Å². The van der Waals surface area contributed by atoms with Crippen molar-refractivity contribution in [3.05, 3.63) is 30.7 Å². The van der Waals surface area contributed by atoms with Crippen LogP contribution in [0, 0.1) is 6.92 Å². The van der Waals surface area contributed by atoms with E-state index < -0.39 is 0 Å². The summed E-state index contributed by atoms with van der Waals surface area (Å²) in [6.07, 6.45) is 4.40. The molecule has 0 atom stereocenters. The fourth-order valence-electron chi connectivity index (χ4n) is 3.57. The van der Waals surface area contributed by atoms with E-state index in [1.54, 1.807) is 4.68 Å². The normalized spacial score (nSPS) is 15.4. The Balaban J connectivity index is 1.75. The fraction of sp³-hybridized carbons (Fsp3) is 0.389. The molecule has 0 unspecified atom stereocenters. The lowest BCUT2D eigenvalue weighted by Gasteiger charge is -2.31. The van der Waals surface area contributed by atoms with Crippen LogP contribution in [0.2, 0.25) is 0 Å². The Bertz CT molecular complexity index is 1010. The van der Waals surface area contributed by atoms with Crippen molar-refractivity contribution in [2.45, 2.75) is 25.8 Å². The highest BCUT2D eigenvalue weighted by Crippen LogP contribution is 2.33. The number of piperidine rings is 1. The number of hydrogen-bond donors (Lipinski definition) is 1. The van der Waals surface area contributed by atoms with E-state index in [2.05, 4.69) is 21.6 Å². The lowest BCUT2D eigenvalue weighted by molar-refractivity contribution is -0.127. The molecule has 1 saturated heterocycles. The highest BCUT2D eigenvalue weighted by atomic mass is 16.2. The van der Waals surface area contributed by atoms with Crippen molar-refractivity contribution < 1.29 is 4.79 Å². The molecular weight excluding hydrogens is 344 g/mol. The number of carbonyl (C=O) groups excluding carboxylic acids is 1. The summed E-state index contributed by atoms with van der Waals surface area (Å²) in [7, 11) is 1.89. The summed E-state index contributed by atoms with van der Waals surface area (Å²) in [6.45, 7) is 6.87. The smallest absolute Gasteiger partial charge is 0.245 e. The summed E-state index contributed by atoms with van der Waals surface area (Å²) in [5.74, 6) is 0.360. The Hall–Kier alpha value is -3.23. The van der Waals surface area contributed by atoms with Crippen LogP contribution in [0.1, 0.15) is 24.6 Å². The first-order chi connectivity index (χ1) is 13.0. The number of anilines is 1. The monoisotopic (exact) mass is 366 g/mol. The van der Waals surface area contributed by atoms with Crippen molar-refractivity contribution in [2.75, 3.05) is 18.8 Å². The van der Waals surface area contributed by atoms with Crippen LogP contribution in [0.4, 0.5) is 5.82 Å². The van der Waals surface area contributed by atoms with Crippen LogP contribution >= 0.6 is 0 Å². The summed E-state index contributed by atoms with van der Waals surface area (Å²) < 4.78 is 3.72. The Labute approximate surface area is 156 Å². The van der Waals surface area contributed by atoms with Gasteiger partial charge >= 0.3 is 0 Å². The minimum atomic E-state index is -0.0324. The number of fused-ring (bicyclic) bond motifs is 1. The molecule has 1 amide bonds. The van der Waals surface area contributed by atoms with Gasteiger partial charge in [0.2, 0.25) is 5.91 Å². The van der Waals surface area contributed by atoms with Crippen LogP contribution in [0.25, 0.3) is 22.4 Å². The van der Waals surface area contributed by atoms with E-state index in [0.29, 0.717) is 30.2 Å². The number of likely N-dealkylation sites (tertiary alicyclic amines) is 1. The Morgan fingerprint density at radius 1 is 1.30 bits per heavy atom. The lowest BCUT2D eigenvalue weighted by Crippen LogP contribution is -2.38. The average Bonchev–Trinajstić information content (AvgIpc) is 3.22. The SMILES string of the molecule is C=CC(=O)N1CCC(n2nc(-c3cc(C)n(C)n3)c3c(N)ncnc32)CC1. The van der Waals surface area contributed by atoms with E-state index in [9.17, 15) is 4.79 Å². The van der Waals surface area contributed by atoms with Gasteiger partial charge < -0.3 is 10.6 Å². The zero-order chi connectivity index (χ0) is 19.1. The molecule has 4 rings (SSSR count). The standard InChI is InChI=1S/C18H22N8O/c1-4-14(27)25-7-5-12(6-8-25)26-18-15(17(19)20-10-21-18)16(23-26)13-9-11(2)24(3)22-13/h4,9-10,12H,1,5-8H2,2-3H3,(H2,19,20,21). The molecule has 27 heavy (non-hydrogen) atoms. The number of nitrogens with zero attached hydrogens (tertiary/aromatic N) is 7. The molecule has 1 fully saturated rings. The maximum absolute atomic E-state index is 11.8. The van der Waals surface area contributed by atoms with Gasteiger partial charge in [-0.05, 0) is 31.9 Å². The second-order valence-corrected chi connectivity index (χ2v) is 6.81. The quantitative estimate of drug-likeness (QED) is 0.703. The zero-order valence-corrected chi connectivity index (χ0v) is 15.5. The molecule has 0 aromatic carbocycles. The van der Waals surface area contributed by atoms with Crippen LogP contribution in [0.15, 0.2) is 25.0 Å². The van der Waals surface area contributed by atoms with E-state index in [1.807, 2.05) is 29.6 Å². The molecule has 1 aliphatic rings. The molecular formula is C18H22N8O. The van der Waals surface area contributed by atoms with Crippen molar-refractivity contribution in [3.63, 3.8) is 0 Å². The highest BCUT2D eigenvalue weighted by Gasteiger charge is 2.27. The molecule has 0 radical (unpaired) electrons. The van der Waals surface area contributed by atoms with Gasteiger partial charge in [-0.15, -0.1) is 0 Å². The third-order valence-electron chi connectivity index (χ3n) is 5.17. The lowest BCUT2D eigenvalue weighted by atomic mass is 10.1. The molecule has 9 heteroatoms. The van der Waals surface area contributed by atoms with Gasteiger partial charge in [0.05, 0.1) is 11.4 Å². The Morgan fingerprint density at radius 2 is 2.04 bits per heavy atom. The van der Waals surface area contributed by atoms with Gasteiger partial charge in [0, 0.05) is 25.8 Å². The maximum atomic E-state index is 11.8. The molecule has 3 aromatic rings. The van der Waals surface area contributed by atoms with Crippen molar-refractivity contribution in [1.82, 2.24) is 34.4 Å². The number of nitrogens with two attached hydrogens (primary N) is 1. The minimum Gasteiger partial charge on any atom is -0.383 e. The second kappa shape index (κ2) is 6.49. The van der Waals surface area contributed by atoms with Gasteiger partial charge in [-0.2, -0.15) is 10.2 Å². The van der Waals surface area contributed by atoms with Crippen molar-refractivity contribution in [2.24, 2.45) is 7.05 Å². The molecule has 140 valence electrons. The average molecular weight is 366 g/mol. The molecule has 2 N–H and O–H groups in total. The Morgan fingerprint density at radius 3 is 2.67 bits per heavy atom. The molecule has 0 bridgehead atoms. The van der Waals surface area contributed by atoms with Crippen LogP contribution in [-0.2, 0) is 11.8 Å². The third kappa shape index (κ3) is 2.84. The topological polar surface area (TPSA) is 108 Å². The molecule has 4 heterocycles. The summed E-state index contributed by atoms with van der Waals surface area (Å²) >= 11 is 0. The summed E-state index contributed by atoms with van der Waals surface area (Å²) in [6, 6.07) is 2.11. The van der Waals surface area contributed by atoms with Crippen LogP contribution in [0.5, 0.6) is 0 Å². The number of amides is 1. The summed E-state index contributed by atoms with van der Waals surface area (Å²) in [5.41, 5.74) is 9.33. The fourth-order valence-corrected chi connectivity index (χ4v) is 3.57. The number of hydrogen-bond acceptors (Lipinski definition) is 6. The van der Waals surface area contributed by atoms with Crippen molar-refractivity contribution in [1.29, 1.82) is 0 Å². The first-order valence-corrected chi connectivity index (χ1v) is 8.90. The number of carbonyl (C=O) groups is 1. The van der Waals surface area contributed by atoms with Gasteiger partial charge in [0.1, 0.15) is 23.5 Å². The van der Waals surface area contributed by atoms with Crippen LogP contribution < -0.4 is 5.73 Å². The van der Waals surface area contributed by atoms with E-state index in [4.69, 9.17) is 10.8 Å². The van der Waals surface area contributed by atoms with Gasteiger partial charge in [0.25, 0.3) is 0 Å². The number of aromatic nitrogens is 6. The van der Waals surface area contributed by atoms with E-state index in [1.165, 1.54) is 12.4 Å². The number of nitrogen functional groups attached to an aromatic ring is 1. The Kier molecular flexibility index (Phi) is 4.14. The maximum Gasteiger partial charge on any atom is 0.245 e. The first-order valence-electron chi connectivity index (χ1n) is 8.90. The predicted molar refractivity (Wildman–Crippen MR) is 102 cm³/mol. The van der Waals surface area contributed by atoms with Gasteiger partial charge in [0.15, 0.2) is 5.65 Å². The predicted octanol–water partition coefficient (Wildman–Crippen LogP) is 1.47. The van der Waals surface area contributed by atoms with Crippen LogP contribution in [0.3, 0.4) is 0 Å². The third-order valence-corrected chi connectivity index (χ3v) is 5.17. The zero-order valence-electron chi connectivity index (χ0n) is 15.5. The molecule has 0 saturated carbocycles. The molecule has 9 nitrogen and oxygen atoms in total. The summed E-state index contributed by atoms with van der Waals surface area (Å²) in [5, 5.41) is 10.1. The first kappa shape index (κ1) is 17.2. The molecule has 0 spiro atoms. The second-order valence-electron chi connectivity index (χ2n) is 6.81. The molecule has 1 aliphatic heterocycles. The number of rotatable bonds is 3. The van der Waals surface area contributed by atoms with Gasteiger partial charge in [-0.3, -0.25) is 9.48 Å². The van der Waals surface area contributed by atoms with Crippen molar-refractivity contribution in [3.8, 4) is 11.4 Å². The highest BCUT2D eigenvalue weighted by molar-refractivity contribution is 5.97. The minimum absolute atomic E-state index is 0.0324. The van der Waals surface area contributed by atoms with E-state index in [0.717, 1.165) is 29.6 Å². The van der Waals surface area contributed by atoms with Crippen molar-refractivity contribution >= 4 is 22.8 Å².